The summed E-state index contributed by atoms with van der Waals surface area (Å²) in [5.41, 5.74) is 0.379. The number of rotatable bonds is 2. The zero-order valence-corrected chi connectivity index (χ0v) is 8.96. The first-order valence-corrected chi connectivity index (χ1v) is 5.68. The first kappa shape index (κ1) is 10.4. The van der Waals surface area contributed by atoms with E-state index in [4.69, 9.17) is 4.74 Å². The van der Waals surface area contributed by atoms with Gasteiger partial charge in [0.15, 0.2) is 0 Å². The maximum Gasteiger partial charge on any atom is 0.0590 e. The lowest BCUT2D eigenvalue weighted by atomic mass is 9.68. The van der Waals surface area contributed by atoms with Gasteiger partial charge in [-0.25, -0.2) is 0 Å². The van der Waals surface area contributed by atoms with E-state index in [9.17, 15) is 5.11 Å². The van der Waals surface area contributed by atoms with Gasteiger partial charge in [0.2, 0.25) is 0 Å². The lowest BCUT2D eigenvalue weighted by molar-refractivity contribution is 0.0138. The molecule has 0 amide bonds. The van der Waals surface area contributed by atoms with Gasteiger partial charge in [0.1, 0.15) is 0 Å². The van der Waals surface area contributed by atoms with Gasteiger partial charge < -0.3 is 15.2 Å². The Morgan fingerprint density at radius 3 is 2.64 bits per heavy atom. The first-order chi connectivity index (χ1) is 6.80. The van der Waals surface area contributed by atoms with E-state index in [1.165, 1.54) is 19.3 Å². The summed E-state index contributed by atoms with van der Waals surface area (Å²) in [7, 11) is 1.80. The van der Waals surface area contributed by atoms with E-state index in [0.29, 0.717) is 17.6 Å². The number of nitrogens with one attached hydrogen (secondary N) is 1. The second-order valence-corrected chi connectivity index (χ2v) is 4.74. The van der Waals surface area contributed by atoms with E-state index < -0.39 is 0 Å². The Kier molecular flexibility index (Phi) is 3.10. The molecule has 1 atom stereocenters. The van der Waals surface area contributed by atoms with Crippen molar-refractivity contribution in [2.24, 2.45) is 5.41 Å². The summed E-state index contributed by atoms with van der Waals surface area (Å²) in [4.78, 5) is 0. The van der Waals surface area contributed by atoms with Gasteiger partial charge in [-0.3, -0.25) is 0 Å². The molecular formula is C11H21NO2. The molecule has 0 aromatic heterocycles. The molecule has 0 radical (unpaired) electrons. The molecule has 1 aliphatic heterocycles. The van der Waals surface area contributed by atoms with Crippen LogP contribution in [0.4, 0.5) is 0 Å². The number of hydrogen-bond acceptors (Lipinski definition) is 3. The maximum atomic E-state index is 9.31. The van der Waals surface area contributed by atoms with Crippen LogP contribution in [0.5, 0.6) is 0 Å². The molecule has 1 saturated carbocycles. The number of ether oxygens (including phenoxy) is 1. The molecule has 3 heteroatoms. The molecule has 2 N–H and O–H groups in total. The molecule has 1 heterocycles. The third-order valence-corrected chi connectivity index (χ3v) is 4.20. The highest BCUT2D eigenvalue weighted by Crippen LogP contribution is 2.45. The molecule has 1 saturated heterocycles. The largest absolute Gasteiger partial charge is 0.395 e. The lowest BCUT2D eigenvalue weighted by Gasteiger charge is -2.40. The molecule has 2 rings (SSSR count). The van der Waals surface area contributed by atoms with E-state index in [-0.39, 0.29) is 6.61 Å². The highest BCUT2D eigenvalue weighted by molar-refractivity contribution is 4.99. The predicted octanol–water partition coefficient (Wildman–Crippen LogP) is 0.916. The Labute approximate surface area is 85.8 Å². The summed E-state index contributed by atoms with van der Waals surface area (Å²) in [6.07, 6.45) is 6.44. The molecule has 0 aromatic carbocycles. The predicted molar refractivity (Wildman–Crippen MR) is 55.2 cm³/mol. The molecule has 1 unspecified atom stereocenters. The van der Waals surface area contributed by atoms with Crippen LogP contribution in [0.15, 0.2) is 0 Å². The third-order valence-electron chi connectivity index (χ3n) is 4.20. The Bertz CT molecular complexity index is 188. The molecule has 14 heavy (non-hydrogen) atoms. The standard InChI is InChI=1S/C11H21NO2/c1-14-9-2-4-11(5-3-9)6-7-12-10(11)8-13/h9-10,12-13H,2-8H2,1H3. The molecule has 1 aliphatic carbocycles. The van der Waals surface area contributed by atoms with Crippen molar-refractivity contribution in [3.8, 4) is 0 Å². The summed E-state index contributed by atoms with van der Waals surface area (Å²) < 4.78 is 5.38. The van der Waals surface area contributed by atoms with Crippen LogP contribution in [0, 0.1) is 5.41 Å². The Hall–Kier alpha value is -0.120. The quantitative estimate of drug-likeness (QED) is 0.695. The highest BCUT2D eigenvalue weighted by Gasteiger charge is 2.44. The van der Waals surface area contributed by atoms with Crippen LogP contribution in [0.2, 0.25) is 0 Å². The van der Waals surface area contributed by atoms with Gasteiger partial charge >= 0.3 is 0 Å². The van der Waals surface area contributed by atoms with Gasteiger partial charge in [0.05, 0.1) is 12.7 Å². The van der Waals surface area contributed by atoms with E-state index in [1.54, 1.807) is 7.11 Å². The van der Waals surface area contributed by atoms with Gasteiger partial charge in [0, 0.05) is 13.2 Å². The smallest absolute Gasteiger partial charge is 0.0590 e. The van der Waals surface area contributed by atoms with E-state index in [1.807, 2.05) is 0 Å². The molecule has 82 valence electrons. The fourth-order valence-electron chi connectivity index (χ4n) is 3.14. The van der Waals surface area contributed by atoms with Crippen LogP contribution in [0.1, 0.15) is 32.1 Å². The zero-order valence-electron chi connectivity index (χ0n) is 8.96. The monoisotopic (exact) mass is 199 g/mol. The van der Waals surface area contributed by atoms with Gasteiger partial charge in [-0.15, -0.1) is 0 Å². The summed E-state index contributed by atoms with van der Waals surface area (Å²) in [6, 6.07) is 0.334. The van der Waals surface area contributed by atoms with Crippen LogP contribution in [0.25, 0.3) is 0 Å². The number of aliphatic hydroxyl groups is 1. The van der Waals surface area contributed by atoms with Crippen LogP contribution in [-0.2, 0) is 4.74 Å². The van der Waals surface area contributed by atoms with Crippen LogP contribution in [0.3, 0.4) is 0 Å². The SMILES string of the molecule is COC1CCC2(CCNC2CO)CC1. The van der Waals surface area contributed by atoms with Gasteiger partial charge in [0.25, 0.3) is 0 Å². The van der Waals surface area contributed by atoms with Gasteiger partial charge in [-0.2, -0.15) is 0 Å². The Morgan fingerprint density at radius 1 is 1.36 bits per heavy atom. The van der Waals surface area contributed by atoms with Crippen molar-refractivity contribution in [1.29, 1.82) is 0 Å². The van der Waals surface area contributed by atoms with Crippen molar-refractivity contribution in [3.05, 3.63) is 0 Å². The van der Waals surface area contributed by atoms with Crippen molar-refractivity contribution in [3.63, 3.8) is 0 Å². The molecule has 0 bridgehead atoms. The van der Waals surface area contributed by atoms with E-state index in [0.717, 1.165) is 19.4 Å². The summed E-state index contributed by atoms with van der Waals surface area (Å²) in [5, 5.41) is 12.7. The van der Waals surface area contributed by atoms with Crippen molar-refractivity contribution in [2.45, 2.75) is 44.2 Å². The van der Waals surface area contributed by atoms with E-state index in [2.05, 4.69) is 5.32 Å². The Morgan fingerprint density at radius 2 is 2.07 bits per heavy atom. The first-order valence-electron chi connectivity index (χ1n) is 5.68. The minimum absolute atomic E-state index is 0.289. The maximum absolute atomic E-state index is 9.31. The van der Waals surface area contributed by atoms with E-state index >= 15 is 0 Å². The molecule has 0 aromatic rings. The van der Waals surface area contributed by atoms with Crippen molar-refractivity contribution in [2.75, 3.05) is 20.3 Å². The number of aliphatic hydroxyl groups excluding tert-OH is 1. The zero-order chi connectivity index (χ0) is 10.0. The van der Waals surface area contributed by atoms with Crippen molar-refractivity contribution >= 4 is 0 Å². The fraction of sp³-hybridized carbons (Fsp3) is 1.00. The molecule has 1 spiro atoms. The average Bonchev–Trinajstić information content (AvgIpc) is 2.62. The van der Waals surface area contributed by atoms with Gasteiger partial charge in [-0.05, 0) is 44.1 Å². The number of hydrogen-bond donors (Lipinski definition) is 2. The molecule has 3 nitrogen and oxygen atoms in total. The highest BCUT2D eigenvalue weighted by atomic mass is 16.5. The topological polar surface area (TPSA) is 41.5 Å². The van der Waals surface area contributed by atoms with Crippen LogP contribution < -0.4 is 5.32 Å². The molecule has 2 fully saturated rings. The minimum Gasteiger partial charge on any atom is -0.395 e. The average molecular weight is 199 g/mol. The van der Waals surface area contributed by atoms with Crippen molar-refractivity contribution in [1.82, 2.24) is 5.32 Å². The Balaban J connectivity index is 1.97. The van der Waals surface area contributed by atoms with Crippen LogP contribution >= 0.6 is 0 Å². The second kappa shape index (κ2) is 4.17. The molecule has 2 aliphatic rings. The molecular weight excluding hydrogens is 178 g/mol. The minimum atomic E-state index is 0.289. The summed E-state index contributed by atoms with van der Waals surface area (Å²) in [6.45, 7) is 1.36. The van der Waals surface area contributed by atoms with Crippen LogP contribution in [-0.4, -0.2) is 37.5 Å². The fourth-order valence-corrected chi connectivity index (χ4v) is 3.14. The van der Waals surface area contributed by atoms with Gasteiger partial charge in [-0.1, -0.05) is 0 Å². The number of methoxy groups -OCH3 is 1. The summed E-state index contributed by atoms with van der Waals surface area (Å²) >= 11 is 0. The van der Waals surface area contributed by atoms with Crippen molar-refractivity contribution < 1.29 is 9.84 Å². The normalized spacial score (nSPS) is 43.3. The summed E-state index contributed by atoms with van der Waals surface area (Å²) in [5.74, 6) is 0. The third kappa shape index (κ3) is 1.69. The lowest BCUT2D eigenvalue weighted by Crippen LogP contribution is -2.43. The second-order valence-electron chi connectivity index (χ2n) is 4.74.